The highest BCUT2D eigenvalue weighted by Gasteiger charge is 2.23. The maximum atomic E-state index is 13.0. The first kappa shape index (κ1) is 17.3. The Kier molecular flexibility index (Phi) is 4.60. The lowest BCUT2D eigenvalue weighted by Crippen LogP contribution is -2.33. The summed E-state index contributed by atoms with van der Waals surface area (Å²) in [7, 11) is 0. The Morgan fingerprint density at radius 2 is 1.88 bits per heavy atom. The first-order valence-electron chi connectivity index (χ1n) is 8.54. The molecule has 0 spiro atoms. The molecule has 0 unspecified atom stereocenters. The molecule has 26 heavy (non-hydrogen) atoms. The lowest BCUT2D eigenvalue weighted by atomic mass is 9.89. The van der Waals surface area contributed by atoms with E-state index in [1.807, 2.05) is 6.07 Å². The summed E-state index contributed by atoms with van der Waals surface area (Å²) in [6, 6.07) is 10.0. The van der Waals surface area contributed by atoms with Gasteiger partial charge < -0.3 is 4.90 Å². The molecule has 1 aliphatic heterocycles. The van der Waals surface area contributed by atoms with Crippen molar-refractivity contribution in [3.8, 4) is 0 Å². The van der Waals surface area contributed by atoms with E-state index in [-0.39, 0.29) is 0 Å². The minimum absolute atomic E-state index is 0.337. The summed E-state index contributed by atoms with van der Waals surface area (Å²) in [6.45, 7) is 3.77. The number of hydrogen-bond acceptors (Lipinski definition) is 4. The Hall–Kier alpha value is -2.09. The quantitative estimate of drug-likeness (QED) is 0.623. The van der Waals surface area contributed by atoms with Gasteiger partial charge in [-0.1, -0.05) is 28.1 Å². The summed E-state index contributed by atoms with van der Waals surface area (Å²) in [6.07, 6.45) is -0.686. The molecule has 1 aliphatic rings. The summed E-state index contributed by atoms with van der Waals surface area (Å²) in [5, 5.41) is 11.6. The van der Waals surface area contributed by atoms with Gasteiger partial charge in [0, 0.05) is 17.6 Å². The van der Waals surface area contributed by atoms with Crippen molar-refractivity contribution in [2.45, 2.75) is 32.1 Å². The summed E-state index contributed by atoms with van der Waals surface area (Å²) in [4.78, 5) is 2.14. The smallest absolute Gasteiger partial charge is 0.299 e. The van der Waals surface area contributed by atoms with Crippen molar-refractivity contribution >= 4 is 27.4 Å². The van der Waals surface area contributed by atoms with Crippen LogP contribution in [0.2, 0.25) is 0 Å². The van der Waals surface area contributed by atoms with E-state index in [9.17, 15) is 8.78 Å². The van der Waals surface area contributed by atoms with E-state index in [2.05, 4.69) is 61.2 Å². The van der Waals surface area contributed by atoms with Crippen LogP contribution in [0.1, 0.15) is 42.1 Å². The van der Waals surface area contributed by atoms with E-state index < -0.39 is 12.2 Å². The van der Waals surface area contributed by atoms with Gasteiger partial charge in [-0.3, -0.25) is 0 Å². The van der Waals surface area contributed by atoms with Gasteiger partial charge in [0.05, 0.1) is 0 Å². The van der Waals surface area contributed by atoms with Crippen molar-refractivity contribution in [3.05, 3.63) is 51.8 Å². The summed E-state index contributed by atoms with van der Waals surface area (Å²) < 4.78 is 28.3. The number of fused-ring (bicyclic) bond motifs is 1. The molecule has 1 saturated heterocycles. The topological polar surface area (TPSA) is 46.3 Å². The van der Waals surface area contributed by atoms with Gasteiger partial charge in [-0.25, -0.2) is 8.78 Å². The standard InChI is InChI=1S/C18H18BrF2N5/c1-11-10-13(2-3-14(11)19)12-6-8-25(9-7-12)16-5-4-15-22-23-18(17(20)21)26(15)24-16/h2-5,10,12,17H,6-9H2,1H3. The molecule has 0 amide bonds. The van der Waals surface area contributed by atoms with Gasteiger partial charge in [0.25, 0.3) is 6.43 Å². The predicted octanol–water partition coefficient (Wildman–Crippen LogP) is 4.52. The third-order valence-corrected chi connectivity index (χ3v) is 5.83. The number of halogens is 3. The van der Waals surface area contributed by atoms with Gasteiger partial charge in [0.1, 0.15) is 5.82 Å². The average Bonchev–Trinajstić information content (AvgIpc) is 3.07. The van der Waals surface area contributed by atoms with Crippen LogP contribution in [0.3, 0.4) is 0 Å². The van der Waals surface area contributed by atoms with Crippen molar-refractivity contribution in [1.82, 2.24) is 19.8 Å². The maximum Gasteiger partial charge on any atom is 0.299 e. The maximum absolute atomic E-state index is 13.0. The third-order valence-electron chi connectivity index (χ3n) is 4.94. The molecule has 1 aromatic carbocycles. The highest BCUT2D eigenvalue weighted by molar-refractivity contribution is 9.10. The van der Waals surface area contributed by atoms with Crippen LogP contribution in [-0.2, 0) is 0 Å². The van der Waals surface area contributed by atoms with E-state index in [0.717, 1.165) is 34.9 Å². The monoisotopic (exact) mass is 421 g/mol. The fourth-order valence-corrected chi connectivity index (χ4v) is 3.71. The highest BCUT2D eigenvalue weighted by Crippen LogP contribution is 2.32. The Morgan fingerprint density at radius 1 is 1.12 bits per heavy atom. The van der Waals surface area contributed by atoms with Gasteiger partial charge in [-0.05, 0) is 55.0 Å². The largest absolute Gasteiger partial charge is 0.355 e. The van der Waals surface area contributed by atoms with E-state index in [1.54, 1.807) is 6.07 Å². The average molecular weight is 422 g/mol. The molecule has 3 aromatic rings. The van der Waals surface area contributed by atoms with Crippen LogP contribution in [0, 0.1) is 6.92 Å². The number of hydrogen-bond donors (Lipinski definition) is 0. The molecule has 2 aromatic heterocycles. The van der Waals surface area contributed by atoms with E-state index >= 15 is 0 Å². The van der Waals surface area contributed by atoms with Crippen molar-refractivity contribution in [1.29, 1.82) is 0 Å². The number of anilines is 1. The molecular weight excluding hydrogens is 404 g/mol. The van der Waals surface area contributed by atoms with Crippen molar-refractivity contribution < 1.29 is 8.78 Å². The molecule has 5 nitrogen and oxygen atoms in total. The number of benzene rings is 1. The van der Waals surface area contributed by atoms with E-state index in [4.69, 9.17) is 0 Å². The molecule has 8 heteroatoms. The second-order valence-electron chi connectivity index (χ2n) is 6.59. The van der Waals surface area contributed by atoms with E-state index in [0.29, 0.717) is 17.4 Å². The fourth-order valence-electron chi connectivity index (χ4n) is 3.46. The van der Waals surface area contributed by atoms with Crippen LogP contribution in [0.4, 0.5) is 14.6 Å². The number of piperidine rings is 1. The molecule has 0 N–H and O–H groups in total. The van der Waals surface area contributed by atoms with Gasteiger partial charge in [0.2, 0.25) is 5.82 Å². The number of nitrogens with zero attached hydrogens (tertiary/aromatic N) is 5. The molecule has 1 fully saturated rings. The van der Waals surface area contributed by atoms with Crippen molar-refractivity contribution in [2.75, 3.05) is 18.0 Å². The Morgan fingerprint density at radius 3 is 2.58 bits per heavy atom. The summed E-state index contributed by atoms with van der Waals surface area (Å²) in [5.74, 6) is 0.778. The Balaban J connectivity index is 1.51. The van der Waals surface area contributed by atoms with Crippen LogP contribution >= 0.6 is 15.9 Å². The number of rotatable bonds is 3. The number of alkyl halides is 2. The molecule has 136 valence electrons. The number of aromatic nitrogens is 4. The zero-order chi connectivity index (χ0) is 18.3. The first-order chi connectivity index (χ1) is 12.5. The van der Waals surface area contributed by atoms with Crippen LogP contribution < -0.4 is 4.90 Å². The molecule has 3 heterocycles. The Bertz CT molecular complexity index is 934. The minimum Gasteiger partial charge on any atom is -0.355 e. The van der Waals surface area contributed by atoms with Gasteiger partial charge in [-0.15, -0.1) is 15.3 Å². The van der Waals surface area contributed by atoms with Crippen LogP contribution in [-0.4, -0.2) is 32.9 Å². The zero-order valence-corrected chi connectivity index (χ0v) is 15.8. The molecule has 0 radical (unpaired) electrons. The molecule has 0 bridgehead atoms. The molecular formula is C18H18BrF2N5. The normalized spacial score (nSPS) is 16.0. The fraction of sp³-hybridized carbons (Fsp3) is 0.389. The number of aryl methyl sites for hydroxylation is 1. The molecule has 0 aliphatic carbocycles. The lowest BCUT2D eigenvalue weighted by Gasteiger charge is -2.33. The minimum atomic E-state index is -2.70. The van der Waals surface area contributed by atoms with Gasteiger partial charge >= 0.3 is 0 Å². The SMILES string of the molecule is Cc1cc(C2CCN(c3ccc4nnc(C(F)F)n4n3)CC2)ccc1Br. The molecule has 0 saturated carbocycles. The van der Waals surface area contributed by atoms with Gasteiger partial charge in [-0.2, -0.15) is 4.52 Å². The molecule has 4 rings (SSSR count). The summed E-state index contributed by atoms with van der Waals surface area (Å²) in [5.41, 5.74) is 2.93. The summed E-state index contributed by atoms with van der Waals surface area (Å²) >= 11 is 3.54. The van der Waals surface area contributed by atoms with Gasteiger partial charge in [0.15, 0.2) is 5.65 Å². The van der Waals surface area contributed by atoms with Crippen LogP contribution in [0.5, 0.6) is 0 Å². The predicted molar refractivity (Wildman–Crippen MR) is 98.8 cm³/mol. The lowest BCUT2D eigenvalue weighted by molar-refractivity contribution is 0.137. The van der Waals surface area contributed by atoms with Crippen LogP contribution in [0.15, 0.2) is 34.8 Å². The van der Waals surface area contributed by atoms with Crippen LogP contribution in [0.25, 0.3) is 5.65 Å². The highest BCUT2D eigenvalue weighted by atomic mass is 79.9. The van der Waals surface area contributed by atoms with Crippen molar-refractivity contribution in [3.63, 3.8) is 0 Å². The second-order valence-corrected chi connectivity index (χ2v) is 7.44. The Labute approximate surface area is 158 Å². The first-order valence-corrected chi connectivity index (χ1v) is 9.34. The van der Waals surface area contributed by atoms with Crippen molar-refractivity contribution in [2.24, 2.45) is 0 Å². The zero-order valence-electron chi connectivity index (χ0n) is 14.2. The second kappa shape index (κ2) is 6.90. The van der Waals surface area contributed by atoms with E-state index in [1.165, 1.54) is 11.1 Å². The molecule has 0 atom stereocenters. The third kappa shape index (κ3) is 3.18.